The number of aromatic nitrogens is 1. The fraction of sp³-hybridized carbons (Fsp3) is 0.368. The molecule has 4 atom stereocenters. The molecule has 0 saturated carbocycles. The summed E-state index contributed by atoms with van der Waals surface area (Å²) in [4.78, 5) is 16.5. The van der Waals surface area contributed by atoms with Gasteiger partial charge in [0.15, 0.2) is 0 Å². The summed E-state index contributed by atoms with van der Waals surface area (Å²) in [6.07, 6.45) is -0.448. The van der Waals surface area contributed by atoms with E-state index in [9.17, 15) is 13.2 Å². The van der Waals surface area contributed by atoms with Crippen LogP contribution >= 0.6 is 11.6 Å². The molecular weight excluding hydrogens is 449 g/mol. The highest BCUT2D eigenvalue weighted by molar-refractivity contribution is 7.89. The fourth-order valence-corrected chi connectivity index (χ4v) is 6.28. The molecule has 2 aliphatic heterocycles. The van der Waals surface area contributed by atoms with E-state index in [1.54, 1.807) is 6.92 Å². The lowest BCUT2D eigenvalue weighted by Crippen LogP contribution is -2.72. The van der Waals surface area contributed by atoms with Gasteiger partial charge in [0.1, 0.15) is 23.1 Å². The van der Waals surface area contributed by atoms with Crippen molar-refractivity contribution in [2.24, 2.45) is 5.73 Å². The second-order valence-electron chi connectivity index (χ2n) is 7.57. The summed E-state index contributed by atoms with van der Waals surface area (Å²) in [5, 5.41) is 4.94. The van der Waals surface area contributed by atoms with Crippen LogP contribution in [0.15, 0.2) is 36.5 Å². The number of nitrogens with one attached hydrogen (secondary N) is 2. The molecule has 2 saturated heterocycles. The van der Waals surface area contributed by atoms with Crippen LogP contribution in [0.5, 0.6) is 0 Å². The second kappa shape index (κ2) is 7.76. The smallest absolute Gasteiger partial charge is 0.274 e. The first kappa shape index (κ1) is 22.1. The highest BCUT2D eigenvalue weighted by Gasteiger charge is 2.62. The van der Waals surface area contributed by atoms with Gasteiger partial charge in [0.2, 0.25) is 10.0 Å². The van der Waals surface area contributed by atoms with Gasteiger partial charge in [-0.15, -0.1) is 0 Å². The van der Waals surface area contributed by atoms with Gasteiger partial charge in [-0.3, -0.25) is 10.1 Å². The minimum Gasteiger partial charge on any atom is -0.375 e. The Morgan fingerprint density at radius 3 is 2.84 bits per heavy atom. The van der Waals surface area contributed by atoms with Gasteiger partial charge in [-0.05, 0) is 37.3 Å². The lowest BCUT2D eigenvalue weighted by molar-refractivity contribution is 0.102. The Bertz CT molecular complexity index is 1130. The average molecular weight is 470 g/mol. The molecular formula is C19H21ClFN5O4S. The number of benzene rings is 1. The third-order valence-electron chi connectivity index (χ3n) is 5.67. The molecule has 31 heavy (non-hydrogen) atoms. The van der Waals surface area contributed by atoms with Crippen molar-refractivity contribution >= 4 is 33.2 Å². The zero-order valence-corrected chi connectivity index (χ0v) is 18.2. The molecule has 1 unspecified atom stereocenters. The lowest BCUT2D eigenvalue weighted by Gasteiger charge is -2.46. The topological polar surface area (TPSA) is 127 Å². The van der Waals surface area contributed by atoms with E-state index in [-0.39, 0.29) is 23.6 Å². The van der Waals surface area contributed by atoms with Crippen LogP contribution in [-0.4, -0.2) is 54.9 Å². The summed E-state index contributed by atoms with van der Waals surface area (Å²) >= 11 is 5.79. The van der Waals surface area contributed by atoms with Crippen molar-refractivity contribution in [2.75, 3.05) is 19.0 Å². The van der Waals surface area contributed by atoms with Crippen molar-refractivity contribution < 1.29 is 22.3 Å². The number of carbonyl (C=O) groups is 1. The van der Waals surface area contributed by atoms with Crippen LogP contribution in [0.2, 0.25) is 5.02 Å². The molecule has 0 spiro atoms. The third kappa shape index (κ3) is 3.60. The van der Waals surface area contributed by atoms with Gasteiger partial charge < -0.3 is 15.8 Å². The van der Waals surface area contributed by atoms with Gasteiger partial charge in [-0.25, -0.2) is 17.8 Å². The quantitative estimate of drug-likeness (QED) is 0.616. The third-order valence-corrected chi connectivity index (χ3v) is 8.35. The highest BCUT2D eigenvalue weighted by Crippen LogP contribution is 2.44. The summed E-state index contributed by atoms with van der Waals surface area (Å²) in [6.45, 7) is 1.51. The first-order valence-electron chi connectivity index (χ1n) is 9.41. The van der Waals surface area contributed by atoms with Gasteiger partial charge in [0, 0.05) is 24.5 Å². The maximum Gasteiger partial charge on any atom is 0.274 e. The number of halogens is 2. The van der Waals surface area contributed by atoms with E-state index in [0.29, 0.717) is 5.02 Å². The number of carbonyl (C=O) groups excluding carboxylic acids is 1. The van der Waals surface area contributed by atoms with Gasteiger partial charge in [-0.1, -0.05) is 11.6 Å². The number of pyridine rings is 1. The molecule has 1 amide bonds. The van der Waals surface area contributed by atoms with Crippen molar-refractivity contribution in [3.63, 3.8) is 0 Å². The van der Waals surface area contributed by atoms with Crippen LogP contribution < -0.4 is 16.4 Å². The van der Waals surface area contributed by atoms with Gasteiger partial charge in [-0.2, -0.15) is 4.31 Å². The largest absolute Gasteiger partial charge is 0.375 e. The van der Waals surface area contributed by atoms with Gasteiger partial charge >= 0.3 is 0 Å². The number of hydrogen-bond donors (Lipinski definition) is 3. The average Bonchev–Trinajstić information content (AvgIpc) is 3.06. The number of nitrogens with two attached hydrogens (primary N) is 1. The summed E-state index contributed by atoms with van der Waals surface area (Å²) in [6, 6.07) is 6.90. The molecule has 1 aromatic carbocycles. The summed E-state index contributed by atoms with van der Waals surface area (Å²) < 4.78 is 47.9. The lowest BCUT2D eigenvalue weighted by atomic mass is 9.86. The molecule has 9 nitrogen and oxygen atoms in total. The maximum absolute atomic E-state index is 15.0. The van der Waals surface area contributed by atoms with Crippen molar-refractivity contribution in [1.29, 1.82) is 0 Å². The van der Waals surface area contributed by atoms with E-state index in [1.165, 1.54) is 37.5 Å². The van der Waals surface area contributed by atoms with E-state index in [2.05, 4.69) is 15.6 Å². The highest BCUT2D eigenvalue weighted by atomic mass is 35.5. The SMILES string of the molecule is C[C@H]1OC[C@]2(c3cc(NC(=O)c4ccc(Cl)cn4)ccc3F)NC(N)N(C)S(=O)(=O)[C@H]12. The molecule has 166 valence electrons. The van der Waals surface area contributed by atoms with E-state index in [4.69, 9.17) is 22.1 Å². The van der Waals surface area contributed by atoms with E-state index in [0.717, 1.165) is 10.4 Å². The Hall–Kier alpha value is -2.15. The Labute approximate surface area is 183 Å². The first-order chi connectivity index (χ1) is 14.6. The van der Waals surface area contributed by atoms with E-state index < -0.39 is 44.9 Å². The standard InChI is InChI=1S/C19H21ClFN5O4S/c1-10-16-19(9-30-10,25-18(22)26(2)31(16,28)29)13-7-12(4-5-14(13)21)24-17(27)15-6-3-11(20)8-23-15/h3-8,10,16,18,25H,9,22H2,1-2H3,(H,24,27)/t10-,16-,18?,19-/m1/s1. The molecule has 0 bridgehead atoms. The molecule has 2 aromatic rings. The van der Waals surface area contributed by atoms with Crippen LogP contribution in [0.3, 0.4) is 0 Å². The minimum atomic E-state index is -3.90. The number of rotatable bonds is 3. The predicted molar refractivity (Wildman–Crippen MR) is 112 cm³/mol. The van der Waals surface area contributed by atoms with E-state index in [1.807, 2.05) is 0 Å². The normalized spacial score (nSPS) is 30.0. The van der Waals surface area contributed by atoms with Crippen LogP contribution in [0.4, 0.5) is 10.1 Å². The molecule has 0 aliphatic carbocycles. The molecule has 3 heterocycles. The molecule has 2 fully saturated rings. The molecule has 1 aromatic heterocycles. The fourth-order valence-electron chi connectivity index (χ4n) is 4.10. The Morgan fingerprint density at radius 1 is 1.42 bits per heavy atom. The summed E-state index contributed by atoms with van der Waals surface area (Å²) in [5.41, 5.74) is 5.00. The zero-order valence-electron chi connectivity index (χ0n) is 16.7. The van der Waals surface area contributed by atoms with Crippen LogP contribution in [-0.2, 0) is 20.3 Å². The number of ether oxygens (including phenoxy) is 1. The predicted octanol–water partition coefficient (Wildman–Crippen LogP) is 1.22. The van der Waals surface area contributed by atoms with Crippen LogP contribution in [0, 0.1) is 5.82 Å². The number of anilines is 1. The van der Waals surface area contributed by atoms with Crippen molar-refractivity contribution in [2.45, 2.75) is 30.1 Å². The molecule has 4 N–H and O–H groups in total. The van der Waals surface area contributed by atoms with Crippen LogP contribution in [0.25, 0.3) is 0 Å². The number of nitrogens with zero attached hydrogens (tertiary/aromatic N) is 2. The summed E-state index contributed by atoms with van der Waals surface area (Å²) in [5.74, 6) is -1.18. The number of fused-ring (bicyclic) bond motifs is 1. The monoisotopic (exact) mass is 469 g/mol. The summed E-state index contributed by atoms with van der Waals surface area (Å²) in [7, 11) is -2.54. The van der Waals surface area contributed by atoms with Crippen molar-refractivity contribution in [3.8, 4) is 0 Å². The van der Waals surface area contributed by atoms with E-state index >= 15 is 4.39 Å². The second-order valence-corrected chi connectivity index (χ2v) is 10.1. The Morgan fingerprint density at radius 2 is 2.16 bits per heavy atom. The molecule has 4 rings (SSSR count). The minimum absolute atomic E-state index is 0.0378. The zero-order chi connectivity index (χ0) is 22.6. The maximum atomic E-state index is 15.0. The number of amides is 1. The first-order valence-corrected chi connectivity index (χ1v) is 11.3. The van der Waals surface area contributed by atoms with Crippen LogP contribution in [0.1, 0.15) is 23.0 Å². The molecule has 0 radical (unpaired) electrons. The number of sulfonamides is 1. The molecule has 12 heteroatoms. The Kier molecular flexibility index (Phi) is 5.53. The number of hydrogen-bond acceptors (Lipinski definition) is 7. The van der Waals surface area contributed by atoms with Gasteiger partial charge in [0.25, 0.3) is 5.91 Å². The van der Waals surface area contributed by atoms with Crippen molar-refractivity contribution in [3.05, 3.63) is 58.6 Å². The van der Waals surface area contributed by atoms with Crippen molar-refractivity contribution in [1.82, 2.24) is 14.6 Å². The van der Waals surface area contributed by atoms with Gasteiger partial charge in [0.05, 0.1) is 23.3 Å². The molecule has 2 aliphatic rings. The Balaban J connectivity index is 1.74.